The first-order chi connectivity index (χ1) is 26.8. The number of hydrogen-bond acceptors (Lipinski definition) is 1. The van der Waals surface area contributed by atoms with E-state index in [9.17, 15) is 0 Å². The summed E-state index contributed by atoms with van der Waals surface area (Å²) in [6.45, 7) is 0. The molecular formula is C53H28O. The largest absolute Gasteiger partial charge is 0.289 e. The first-order valence-electron chi connectivity index (χ1n) is 18.7. The van der Waals surface area contributed by atoms with Crippen LogP contribution < -0.4 is 15.9 Å². The van der Waals surface area contributed by atoms with Gasteiger partial charge in [0.1, 0.15) is 0 Å². The quantitative estimate of drug-likeness (QED) is 0.156. The van der Waals surface area contributed by atoms with Crippen LogP contribution in [0.3, 0.4) is 0 Å². The third-order valence-corrected chi connectivity index (χ3v) is 12.5. The Bertz CT molecular complexity index is 3450. The van der Waals surface area contributed by atoms with Gasteiger partial charge in [-0.25, -0.2) is 0 Å². The average molecular weight is 681 g/mol. The molecule has 0 atom stereocenters. The second-order valence-electron chi connectivity index (χ2n) is 14.9. The number of benzene rings is 8. The molecule has 0 radical (unpaired) electrons. The molecule has 0 heterocycles. The van der Waals surface area contributed by atoms with Gasteiger partial charge in [-0.3, -0.25) is 4.79 Å². The van der Waals surface area contributed by atoms with Gasteiger partial charge in [0, 0.05) is 32.3 Å². The van der Waals surface area contributed by atoms with E-state index in [4.69, 9.17) is 0 Å². The van der Waals surface area contributed by atoms with Crippen LogP contribution in [0.15, 0.2) is 175 Å². The second kappa shape index (κ2) is 10.1. The smallest absolute Gasteiger partial charge is 0.194 e. The molecule has 11 aromatic rings. The normalized spacial score (nSPS) is 13.2. The van der Waals surface area contributed by atoms with Gasteiger partial charge < -0.3 is 0 Å². The molecule has 13 rings (SSSR count). The zero-order chi connectivity index (χ0) is 35.2. The summed E-state index contributed by atoms with van der Waals surface area (Å²) in [7, 11) is 0. The van der Waals surface area contributed by atoms with E-state index in [1.165, 1.54) is 98.4 Å². The van der Waals surface area contributed by atoms with Gasteiger partial charge in [0.15, 0.2) is 5.43 Å². The Morgan fingerprint density at radius 2 is 0.481 bits per heavy atom. The molecule has 0 unspecified atom stereocenters. The SMILES string of the molecule is O=c1c2ccccc2c2c1c1c3ccccc3c(=C3c4ccccc4-c4ccccc43)c1c1c3ccccc3c(=C3c4ccccc4-c4ccccc43)c21. The summed E-state index contributed by atoms with van der Waals surface area (Å²) in [6, 6.07) is 61.4. The summed E-state index contributed by atoms with van der Waals surface area (Å²) in [5.41, 5.74) is 12.6. The van der Waals surface area contributed by atoms with Crippen LogP contribution >= 0.6 is 0 Å². The monoisotopic (exact) mass is 680 g/mol. The molecule has 0 aromatic heterocycles. The fourth-order valence-corrected chi connectivity index (χ4v) is 10.5. The molecule has 2 aliphatic rings. The van der Waals surface area contributed by atoms with Crippen molar-refractivity contribution in [2.45, 2.75) is 0 Å². The predicted molar refractivity (Wildman–Crippen MR) is 226 cm³/mol. The number of hydrogen-bond donors (Lipinski definition) is 0. The molecule has 1 heteroatoms. The van der Waals surface area contributed by atoms with Gasteiger partial charge in [-0.05, 0) is 98.4 Å². The van der Waals surface area contributed by atoms with E-state index in [1.54, 1.807) is 0 Å². The van der Waals surface area contributed by atoms with Crippen molar-refractivity contribution in [1.82, 2.24) is 0 Å². The van der Waals surface area contributed by atoms with E-state index >= 15 is 4.79 Å². The molecule has 11 aromatic carbocycles. The zero-order valence-corrected chi connectivity index (χ0v) is 29.1. The summed E-state index contributed by atoms with van der Waals surface area (Å²) < 4.78 is 0. The topological polar surface area (TPSA) is 17.1 Å². The summed E-state index contributed by atoms with van der Waals surface area (Å²) in [6.07, 6.45) is 0. The lowest BCUT2D eigenvalue weighted by molar-refractivity contribution is 1.64. The van der Waals surface area contributed by atoms with Gasteiger partial charge in [0.2, 0.25) is 0 Å². The summed E-state index contributed by atoms with van der Waals surface area (Å²) in [5.74, 6) is 0. The summed E-state index contributed by atoms with van der Waals surface area (Å²) >= 11 is 0. The van der Waals surface area contributed by atoms with Crippen LogP contribution in [0.25, 0.3) is 98.0 Å². The molecule has 1 nitrogen and oxygen atoms in total. The van der Waals surface area contributed by atoms with Crippen molar-refractivity contribution in [1.29, 1.82) is 0 Å². The lowest BCUT2D eigenvalue weighted by atomic mass is 9.94. The Morgan fingerprint density at radius 3 is 0.852 bits per heavy atom. The molecule has 0 bridgehead atoms. The van der Waals surface area contributed by atoms with Crippen LogP contribution in [0.5, 0.6) is 0 Å². The average Bonchev–Trinajstić information content (AvgIpc) is 4.00. The highest BCUT2D eigenvalue weighted by Crippen LogP contribution is 2.49. The van der Waals surface area contributed by atoms with E-state index in [0.717, 1.165) is 32.3 Å². The molecule has 0 aliphatic heterocycles. The predicted octanol–water partition coefficient (Wildman–Crippen LogP) is 11.3. The van der Waals surface area contributed by atoms with E-state index in [-0.39, 0.29) is 5.43 Å². The molecule has 0 saturated heterocycles. The third-order valence-electron chi connectivity index (χ3n) is 12.5. The fraction of sp³-hybridized carbons (Fsp3) is 0. The van der Waals surface area contributed by atoms with Gasteiger partial charge >= 0.3 is 0 Å². The van der Waals surface area contributed by atoms with Crippen LogP contribution in [-0.4, -0.2) is 0 Å². The minimum absolute atomic E-state index is 0.112. The first kappa shape index (κ1) is 28.5. The molecular weight excluding hydrogens is 653 g/mol. The van der Waals surface area contributed by atoms with E-state index in [2.05, 4.69) is 158 Å². The molecule has 0 amide bonds. The lowest BCUT2D eigenvalue weighted by Gasteiger charge is -2.08. The maximum atomic E-state index is 15.1. The fourth-order valence-electron chi connectivity index (χ4n) is 10.5. The van der Waals surface area contributed by atoms with Crippen molar-refractivity contribution in [2.24, 2.45) is 0 Å². The number of rotatable bonds is 0. The van der Waals surface area contributed by atoms with Crippen LogP contribution in [0.4, 0.5) is 0 Å². The molecule has 0 saturated carbocycles. The van der Waals surface area contributed by atoms with Crippen molar-refractivity contribution in [3.8, 4) is 22.3 Å². The molecule has 0 spiro atoms. The van der Waals surface area contributed by atoms with Crippen molar-refractivity contribution >= 4 is 75.8 Å². The van der Waals surface area contributed by atoms with Gasteiger partial charge in [-0.2, -0.15) is 0 Å². The van der Waals surface area contributed by atoms with Gasteiger partial charge in [0.05, 0.1) is 0 Å². The highest BCUT2D eigenvalue weighted by atomic mass is 16.1. The van der Waals surface area contributed by atoms with E-state index in [1.807, 2.05) is 12.1 Å². The number of fused-ring (bicyclic) bond motifs is 18. The van der Waals surface area contributed by atoms with Crippen molar-refractivity contribution in [3.05, 3.63) is 213 Å². The standard InChI is InChI=1S/C53H28O/c54-53-42-28-14-13-27-41(42)49-51-45(43-33-19-5-1-15-29(33)30-16-2-6-20-34(30)43)37-23-9-11-25-39(37)47(51)50-46(38-24-10-12-26-40(38)48(50)52(49)53)44-35-21-7-3-17-31(35)32-18-4-8-22-36(32)44/h1-28H. The van der Waals surface area contributed by atoms with E-state index < -0.39 is 0 Å². The Hall–Kier alpha value is -7.09. The highest BCUT2D eigenvalue weighted by Gasteiger charge is 2.31. The maximum Gasteiger partial charge on any atom is 0.194 e. The minimum Gasteiger partial charge on any atom is -0.289 e. The van der Waals surface area contributed by atoms with Gasteiger partial charge in [0.25, 0.3) is 0 Å². The highest BCUT2D eigenvalue weighted by molar-refractivity contribution is 6.44. The molecule has 0 N–H and O–H groups in total. The molecule has 2 aliphatic carbocycles. The third kappa shape index (κ3) is 3.30. The van der Waals surface area contributed by atoms with Crippen molar-refractivity contribution < 1.29 is 0 Å². The second-order valence-corrected chi connectivity index (χ2v) is 14.9. The van der Waals surface area contributed by atoms with Gasteiger partial charge in [-0.15, -0.1) is 0 Å². The van der Waals surface area contributed by atoms with Crippen LogP contribution in [0.1, 0.15) is 22.3 Å². The molecule has 246 valence electrons. The van der Waals surface area contributed by atoms with Crippen LogP contribution in [0.2, 0.25) is 0 Å². The summed E-state index contributed by atoms with van der Waals surface area (Å²) in [4.78, 5) is 15.1. The maximum absolute atomic E-state index is 15.1. The molecule has 0 fully saturated rings. The zero-order valence-electron chi connectivity index (χ0n) is 29.1. The van der Waals surface area contributed by atoms with E-state index in [0.29, 0.717) is 0 Å². The minimum atomic E-state index is 0.112. The summed E-state index contributed by atoms with van der Waals surface area (Å²) in [5, 5.41) is 15.5. The van der Waals surface area contributed by atoms with Crippen LogP contribution in [0, 0.1) is 0 Å². The first-order valence-corrected chi connectivity index (χ1v) is 18.7. The van der Waals surface area contributed by atoms with Crippen molar-refractivity contribution in [2.75, 3.05) is 0 Å². The molecule has 54 heavy (non-hydrogen) atoms. The Kier molecular flexibility index (Phi) is 5.31. The Labute approximate surface area is 309 Å². The van der Waals surface area contributed by atoms with Crippen molar-refractivity contribution in [3.63, 3.8) is 0 Å². The van der Waals surface area contributed by atoms with Gasteiger partial charge in [-0.1, -0.05) is 170 Å². The Morgan fingerprint density at radius 1 is 0.222 bits per heavy atom. The lowest BCUT2D eigenvalue weighted by Crippen LogP contribution is -2.09. The van der Waals surface area contributed by atoms with Crippen LogP contribution in [-0.2, 0) is 0 Å². The Balaban J connectivity index is 1.45.